The molecular formula is C11H13F3N2O2S. The molecule has 1 aliphatic heterocycles. The molecule has 0 unspecified atom stereocenters. The van der Waals surface area contributed by atoms with Gasteiger partial charge in [0.25, 0.3) is 0 Å². The summed E-state index contributed by atoms with van der Waals surface area (Å²) in [6, 6.07) is 2.89. The summed E-state index contributed by atoms with van der Waals surface area (Å²) in [5.41, 5.74) is -0.626. The van der Waals surface area contributed by atoms with Crippen LogP contribution in [0.4, 0.5) is 24.5 Å². The molecule has 1 aliphatic rings. The van der Waals surface area contributed by atoms with Gasteiger partial charge in [0.1, 0.15) is 0 Å². The number of benzene rings is 1. The van der Waals surface area contributed by atoms with Crippen LogP contribution in [-0.4, -0.2) is 15.0 Å². The molecule has 0 fully saturated rings. The molecule has 1 aromatic rings. The van der Waals surface area contributed by atoms with Crippen LogP contribution < -0.4 is 9.03 Å². The fraction of sp³-hybridized carbons (Fsp3) is 0.455. The zero-order valence-electron chi connectivity index (χ0n) is 10.2. The molecule has 0 bridgehead atoms. The third kappa shape index (κ3) is 2.63. The SMILES string of the molecule is CCCCN1c2ccc(C(F)(F)F)cc2NS1(=O)=O. The first-order chi connectivity index (χ1) is 8.75. The number of nitrogens with zero attached hydrogens (tertiary/aromatic N) is 1. The summed E-state index contributed by atoms with van der Waals surface area (Å²) in [5.74, 6) is 0. The van der Waals surface area contributed by atoms with E-state index in [0.717, 1.165) is 22.9 Å². The van der Waals surface area contributed by atoms with Gasteiger partial charge >= 0.3 is 16.4 Å². The van der Waals surface area contributed by atoms with Gasteiger partial charge in [0.05, 0.1) is 16.9 Å². The van der Waals surface area contributed by atoms with Gasteiger partial charge in [0, 0.05) is 6.54 Å². The highest BCUT2D eigenvalue weighted by molar-refractivity contribution is 7.94. The molecule has 106 valence electrons. The molecular weight excluding hydrogens is 281 g/mol. The molecule has 1 aromatic carbocycles. The van der Waals surface area contributed by atoms with E-state index in [1.54, 1.807) is 0 Å². The van der Waals surface area contributed by atoms with Crippen LogP contribution in [0.15, 0.2) is 18.2 Å². The first-order valence-corrected chi connectivity index (χ1v) is 7.21. The smallest absolute Gasteiger partial charge is 0.264 e. The van der Waals surface area contributed by atoms with E-state index < -0.39 is 21.9 Å². The second kappa shape index (κ2) is 4.59. The van der Waals surface area contributed by atoms with Crippen LogP contribution >= 0.6 is 0 Å². The van der Waals surface area contributed by atoms with Crippen LogP contribution in [-0.2, 0) is 16.4 Å². The van der Waals surface area contributed by atoms with Gasteiger partial charge in [0.2, 0.25) is 0 Å². The lowest BCUT2D eigenvalue weighted by atomic mass is 10.1. The minimum absolute atomic E-state index is 0.0223. The molecule has 4 nitrogen and oxygen atoms in total. The van der Waals surface area contributed by atoms with Gasteiger partial charge < -0.3 is 0 Å². The molecule has 0 aliphatic carbocycles. The van der Waals surface area contributed by atoms with Crippen molar-refractivity contribution in [2.75, 3.05) is 15.6 Å². The van der Waals surface area contributed by atoms with Crippen molar-refractivity contribution in [1.82, 2.24) is 0 Å². The van der Waals surface area contributed by atoms with E-state index in [1.165, 1.54) is 6.07 Å². The normalized spacial score (nSPS) is 17.2. The lowest BCUT2D eigenvalue weighted by molar-refractivity contribution is -0.137. The third-order valence-corrected chi connectivity index (χ3v) is 4.27. The Morgan fingerprint density at radius 3 is 2.58 bits per heavy atom. The molecule has 1 N–H and O–H groups in total. The Hall–Kier alpha value is -1.44. The fourth-order valence-corrected chi connectivity index (χ4v) is 3.22. The van der Waals surface area contributed by atoms with Crippen molar-refractivity contribution in [3.63, 3.8) is 0 Å². The van der Waals surface area contributed by atoms with Crippen LogP contribution in [0.1, 0.15) is 25.3 Å². The Balaban J connectivity index is 2.40. The summed E-state index contributed by atoms with van der Waals surface area (Å²) < 4.78 is 64.6. The van der Waals surface area contributed by atoms with E-state index >= 15 is 0 Å². The average molecular weight is 294 g/mol. The average Bonchev–Trinajstić information content (AvgIpc) is 2.54. The number of rotatable bonds is 3. The Morgan fingerprint density at radius 2 is 2.00 bits per heavy atom. The first kappa shape index (κ1) is 14.0. The second-order valence-electron chi connectivity index (χ2n) is 4.26. The maximum absolute atomic E-state index is 12.6. The molecule has 0 atom stereocenters. The number of nitrogens with one attached hydrogen (secondary N) is 1. The van der Waals surface area contributed by atoms with Gasteiger partial charge in [-0.2, -0.15) is 21.6 Å². The van der Waals surface area contributed by atoms with Crippen LogP contribution in [0.2, 0.25) is 0 Å². The summed E-state index contributed by atoms with van der Waals surface area (Å²) in [5, 5.41) is 0. The summed E-state index contributed by atoms with van der Waals surface area (Å²) in [6.45, 7) is 2.16. The number of anilines is 2. The number of alkyl halides is 3. The van der Waals surface area contributed by atoms with Gasteiger partial charge in [-0.05, 0) is 24.6 Å². The van der Waals surface area contributed by atoms with E-state index in [1.807, 2.05) is 6.92 Å². The van der Waals surface area contributed by atoms with Crippen molar-refractivity contribution in [3.05, 3.63) is 23.8 Å². The number of hydrogen-bond acceptors (Lipinski definition) is 2. The first-order valence-electron chi connectivity index (χ1n) is 5.77. The van der Waals surface area contributed by atoms with E-state index in [-0.39, 0.29) is 17.9 Å². The van der Waals surface area contributed by atoms with Gasteiger partial charge in [-0.15, -0.1) is 0 Å². The Morgan fingerprint density at radius 1 is 1.32 bits per heavy atom. The molecule has 1 heterocycles. The lowest BCUT2D eigenvalue weighted by Gasteiger charge is -2.16. The van der Waals surface area contributed by atoms with Crippen molar-refractivity contribution in [2.24, 2.45) is 0 Å². The number of hydrogen-bond donors (Lipinski definition) is 1. The maximum atomic E-state index is 12.6. The van der Waals surface area contributed by atoms with Crippen LogP contribution in [0.3, 0.4) is 0 Å². The number of unbranched alkanes of at least 4 members (excludes halogenated alkanes) is 1. The molecule has 0 radical (unpaired) electrons. The van der Waals surface area contributed by atoms with Gasteiger partial charge in [0.15, 0.2) is 0 Å². The van der Waals surface area contributed by atoms with Gasteiger partial charge in [-0.3, -0.25) is 9.03 Å². The highest BCUT2D eigenvalue weighted by atomic mass is 32.2. The van der Waals surface area contributed by atoms with Crippen molar-refractivity contribution in [1.29, 1.82) is 0 Å². The molecule has 0 saturated heterocycles. The lowest BCUT2D eigenvalue weighted by Crippen LogP contribution is -2.30. The van der Waals surface area contributed by atoms with Crippen molar-refractivity contribution in [3.8, 4) is 0 Å². The summed E-state index contributed by atoms with van der Waals surface area (Å²) in [4.78, 5) is 0. The highest BCUT2D eigenvalue weighted by Crippen LogP contribution is 2.40. The van der Waals surface area contributed by atoms with Crippen LogP contribution in [0, 0.1) is 0 Å². The second-order valence-corrected chi connectivity index (χ2v) is 5.86. The molecule has 2 rings (SSSR count). The summed E-state index contributed by atoms with van der Waals surface area (Å²) in [7, 11) is -3.76. The number of halogens is 3. The zero-order valence-corrected chi connectivity index (χ0v) is 11.0. The minimum atomic E-state index is -4.49. The zero-order chi connectivity index (χ0) is 14.3. The molecule has 0 aromatic heterocycles. The molecule has 0 spiro atoms. The minimum Gasteiger partial charge on any atom is -0.264 e. The largest absolute Gasteiger partial charge is 0.416 e. The maximum Gasteiger partial charge on any atom is 0.416 e. The summed E-state index contributed by atoms with van der Waals surface area (Å²) >= 11 is 0. The van der Waals surface area contributed by atoms with E-state index in [2.05, 4.69) is 4.72 Å². The fourth-order valence-electron chi connectivity index (χ4n) is 1.88. The molecule has 19 heavy (non-hydrogen) atoms. The molecule has 0 saturated carbocycles. The van der Waals surface area contributed by atoms with E-state index in [9.17, 15) is 21.6 Å². The predicted octanol–water partition coefficient (Wildman–Crippen LogP) is 2.98. The number of fused-ring (bicyclic) bond motifs is 1. The van der Waals surface area contributed by atoms with Gasteiger partial charge in [-0.1, -0.05) is 13.3 Å². The van der Waals surface area contributed by atoms with Crippen molar-refractivity contribution < 1.29 is 21.6 Å². The van der Waals surface area contributed by atoms with Crippen LogP contribution in [0.5, 0.6) is 0 Å². The quantitative estimate of drug-likeness (QED) is 0.931. The van der Waals surface area contributed by atoms with Gasteiger partial charge in [-0.25, -0.2) is 0 Å². The van der Waals surface area contributed by atoms with Crippen molar-refractivity contribution >= 4 is 21.6 Å². The molecule has 0 amide bonds. The van der Waals surface area contributed by atoms with E-state index in [0.29, 0.717) is 6.42 Å². The van der Waals surface area contributed by atoms with Crippen LogP contribution in [0.25, 0.3) is 0 Å². The Kier molecular flexibility index (Phi) is 3.38. The highest BCUT2D eigenvalue weighted by Gasteiger charge is 2.36. The third-order valence-electron chi connectivity index (χ3n) is 2.84. The van der Waals surface area contributed by atoms with Crippen molar-refractivity contribution in [2.45, 2.75) is 25.9 Å². The standard InChI is InChI=1S/C11H13F3N2O2S/c1-2-3-6-16-10-5-4-8(11(12,13)14)7-9(10)15-19(16,17)18/h4-5,7,15H,2-3,6H2,1H3. The molecule has 8 heteroatoms. The Bertz CT molecular complexity index is 584. The monoisotopic (exact) mass is 294 g/mol. The van der Waals surface area contributed by atoms with E-state index in [4.69, 9.17) is 0 Å². The predicted molar refractivity (Wildman–Crippen MR) is 66.2 cm³/mol. The summed E-state index contributed by atoms with van der Waals surface area (Å²) in [6.07, 6.45) is -3.05. The topological polar surface area (TPSA) is 49.4 Å². The Labute approximate surface area is 109 Å².